The Morgan fingerprint density at radius 3 is 2.62 bits per heavy atom. The zero-order valence-electron chi connectivity index (χ0n) is 8.17. The lowest BCUT2D eigenvalue weighted by atomic mass is 10.2. The fourth-order valence-corrected chi connectivity index (χ4v) is 0.865. The summed E-state index contributed by atoms with van der Waals surface area (Å²) in [6.07, 6.45) is 7.46. The second kappa shape index (κ2) is 9.23. The Labute approximate surface area is 80.8 Å². The molecule has 0 aliphatic rings. The lowest BCUT2D eigenvalue weighted by molar-refractivity contribution is 0.154. The normalized spacial score (nSPS) is 11.3. The first kappa shape index (κ1) is 12.1. The molecule has 0 aliphatic heterocycles. The van der Waals surface area contributed by atoms with Gasteiger partial charge in [0.2, 0.25) is 0 Å². The molecule has 74 valence electrons. The molecule has 0 aromatic rings. The van der Waals surface area contributed by atoms with Crippen LogP contribution in [0.2, 0.25) is 0 Å². The second-order valence-electron chi connectivity index (χ2n) is 2.73. The van der Waals surface area contributed by atoms with E-state index in [1.807, 2.05) is 6.08 Å². The van der Waals surface area contributed by atoms with Crippen LogP contribution in [0.3, 0.4) is 0 Å². The number of nitrogens with two attached hydrogens (primary N) is 1. The summed E-state index contributed by atoms with van der Waals surface area (Å²) < 4.78 is 5.40. The highest BCUT2D eigenvalue weighted by Crippen LogP contribution is 1.98. The highest BCUT2D eigenvalue weighted by molar-refractivity contribution is 5.21. The Bertz CT molecular complexity index is 173. The largest absolute Gasteiger partial charge is 0.377 e. The van der Waals surface area contributed by atoms with E-state index in [4.69, 9.17) is 10.5 Å². The highest BCUT2D eigenvalue weighted by Gasteiger charge is 1.91. The SMILES string of the molecule is C=C/C=C(\C=C)COCCCCN. The van der Waals surface area contributed by atoms with Crippen molar-refractivity contribution in [3.05, 3.63) is 37.0 Å². The average Bonchev–Trinajstić information content (AvgIpc) is 2.16. The van der Waals surface area contributed by atoms with Crippen molar-refractivity contribution < 1.29 is 4.74 Å². The van der Waals surface area contributed by atoms with E-state index in [1.165, 1.54) is 0 Å². The van der Waals surface area contributed by atoms with Crippen LogP contribution in [-0.4, -0.2) is 19.8 Å². The number of hydrogen-bond donors (Lipinski definition) is 1. The maximum Gasteiger partial charge on any atom is 0.0716 e. The molecule has 0 radical (unpaired) electrons. The van der Waals surface area contributed by atoms with Crippen LogP contribution in [0.5, 0.6) is 0 Å². The van der Waals surface area contributed by atoms with Crippen LogP contribution >= 0.6 is 0 Å². The zero-order chi connectivity index (χ0) is 9.94. The molecule has 0 heterocycles. The molecule has 2 nitrogen and oxygen atoms in total. The Hall–Kier alpha value is -0.860. The lowest BCUT2D eigenvalue weighted by Gasteiger charge is -2.03. The van der Waals surface area contributed by atoms with Gasteiger partial charge in [0.15, 0.2) is 0 Å². The van der Waals surface area contributed by atoms with E-state index in [2.05, 4.69) is 13.2 Å². The fourth-order valence-electron chi connectivity index (χ4n) is 0.865. The number of unbranched alkanes of at least 4 members (excludes halogenated alkanes) is 1. The minimum Gasteiger partial charge on any atom is -0.377 e. The van der Waals surface area contributed by atoms with Gasteiger partial charge in [-0.1, -0.05) is 31.4 Å². The standard InChI is InChI=1S/C11H19NO/c1-3-7-11(4-2)10-13-9-6-5-8-12/h3-4,7H,1-2,5-6,8-10,12H2/b11-7+. The molecule has 13 heavy (non-hydrogen) atoms. The molecule has 0 saturated heterocycles. The Kier molecular flexibility index (Phi) is 8.62. The minimum absolute atomic E-state index is 0.611. The quantitative estimate of drug-likeness (QED) is 0.459. The predicted molar refractivity (Wildman–Crippen MR) is 57.6 cm³/mol. The third-order valence-electron chi connectivity index (χ3n) is 1.61. The summed E-state index contributed by atoms with van der Waals surface area (Å²) in [5, 5.41) is 0. The van der Waals surface area contributed by atoms with E-state index >= 15 is 0 Å². The molecule has 0 aromatic heterocycles. The first-order valence-electron chi connectivity index (χ1n) is 4.57. The first-order chi connectivity index (χ1) is 6.35. The molecule has 0 saturated carbocycles. The van der Waals surface area contributed by atoms with Gasteiger partial charge in [0.1, 0.15) is 0 Å². The number of rotatable bonds is 8. The Morgan fingerprint density at radius 2 is 2.08 bits per heavy atom. The van der Waals surface area contributed by atoms with Gasteiger partial charge < -0.3 is 10.5 Å². The second-order valence-corrected chi connectivity index (χ2v) is 2.73. The molecule has 2 heteroatoms. The van der Waals surface area contributed by atoms with Crippen molar-refractivity contribution in [2.24, 2.45) is 5.73 Å². The van der Waals surface area contributed by atoms with Crippen LogP contribution in [0.4, 0.5) is 0 Å². The van der Waals surface area contributed by atoms with Crippen LogP contribution in [0.15, 0.2) is 37.0 Å². The van der Waals surface area contributed by atoms with Crippen LogP contribution in [0, 0.1) is 0 Å². The summed E-state index contributed by atoms with van der Waals surface area (Å²) in [6, 6.07) is 0. The Balaban J connectivity index is 3.44. The van der Waals surface area contributed by atoms with Gasteiger partial charge in [-0.05, 0) is 25.0 Å². The van der Waals surface area contributed by atoms with Gasteiger partial charge in [-0.25, -0.2) is 0 Å². The lowest BCUT2D eigenvalue weighted by Crippen LogP contribution is -2.03. The molecular weight excluding hydrogens is 162 g/mol. The summed E-state index contributed by atoms with van der Waals surface area (Å²) in [5.41, 5.74) is 6.41. The van der Waals surface area contributed by atoms with Crippen molar-refractivity contribution in [2.75, 3.05) is 19.8 Å². The average molecular weight is 181 g/mol. The van der Waals surface area contributed by atoms with Crippen molar-refractivity contribution in [3.8, 4) is 0 Å². The maximum absolute atomic E-state index is 5.40. The van der Waals surface area contributed by atoms with E-state index in [1.54, 1.807) is 12.2 Å². The molecule has 0 amide bonds. The van der Waals surface area contributed by atoms with Crippen LogP contribution in [0.1, 0.15) is 12.8 Å². The summed E-state index contributed by atoms with van der Waals surface area (Å²) in [7, 11) is 0. The third kappa shape index (κ3) is 7.50. The van der Waals surface area contributed by atoms with Gasteiger partial charge in [-0.3, -0.25) is 0 Å². The molecule has 0 unspecified atom stereocenters. The topological polar surface area (TPSA) is 35.2 Å². The molecule has 0 spiro atoms. The number of hydrogen-bond acceptors (Lipinski definition) is 2. The summed E-state index contributed by atoms with van der Waals surface area (Å²) in [5.74, 6) is 0. The van der Waals surface area contributed by atoms with Crippen LogP contribution in [0.25, 0.3) is 0 Å². The van der Waals surface area contributed by atoms with Gasteiger partial charge in [-0.2, -0.15) is 0 Å². The molecule has 0 bridgehead atoms. The van der Waals surface area contributed by atoms with Crippen molar-refractivity contribution in [1.29, 1.82) is 0 Å². The number of ether oxygens (including phenoxy) is 1. The van der Waals surface area contributed by atoms with Crippen molar-refractivity contribution in [1.82, 2.24) is 0 Å². The smallest absolute Gasteiger partial charge is 0.0716 e. The molecule has 0 atom stereocenters. The molecule has 0 aromatic carbocycles. The highest BCUT2D eigenvalue weighted by atomic mass is 16.5. The van der Waals surface area contributed by atoms with Crippen molar-refractivity contribution >= 4 is 0 Å². The molecule has 0 rings (SSSR count). The summed E-state index contributed by atoms with van der Waals surface area (Å²) >= 11 is 0. The van der Waals surface area contributed by atoms with Gasteiger partial charge in [0, 0.05) is 6.61 Å². The third-order valence-corrected chi connectivity index (χ3v) is 1.61. The number of allylic oxidation sites excluding steroid dienone is 2. The molecular formula is C11H19NO. The van der Waals surface area contributed by atoms with Gasteiger partial charge in [0.05, 0.1) is 6.61 Å². The van der Waals surface area contributed by atoms with E-state index < -0.39 is 0 Å². The van der Waals surface area contributed by atoms with Crippen molar-refractivity contribution in [3.63, 3.8) is 0 Å². The summed E-state index contributed by atoms with van der Waals surface area (Å²) in [6.45, 7) is 9.40. The van der Waals surface area contributed by atoms with Gasteiger partial charge in [-0.15, -0.1) is 0 Å². The van der Waals surface area contributed by atoms with E-state index in [0.717, 1.165) is 31.6 Å². The predicted octanol–water partition coefficient (Wildman–Crippen LogP) is 2.04. The molecule has 2 N–H and O–H groups in total. The molecule has 0 fully saturated rings. The van der Waals surface area contributed by atoms with E-state index in [0.29, 0.717) is 6.61 Å². The van der Waals surface area contributed by atoms with Gasteiger partial charge >= 0.3 is 0 Å². The minimum atomic E-state index is 0.611. The van der Waals surface area contributed by atoms with E-state index in [9.17, 15) is 0 Å². The van der Waals surface area contributed by atoms with Crippen molar-refractivity contribution in [2.45, 2.75) is 12.8 Å². The Morgan fingerprint density at radius 1 is 1.31 bits per heavy atom. The monoisotopic (exact) mass is 181 g/mol. The maximum atomic E-state index is 5.40. The molecule has 0 aliphatic carbocycles. The summed E-state index contributed by atoms with van der Waals surface area (Å²) in [4.78, 5) is 0. The first-order valence-corrected chi connectivity index (χ1v) is 4.57. The van der Waals surface area contributed by atoms with E-state index in [-0.39, 0.29) is 0 Å². The zero-order valence-corrected chi connectivity index (χ0v) is 8.17. The van der Waals surface area contributed by atoms with Crippen LogP contribution in [-0.2, 0) is 4.74 Å². The fraction of sp³-hybridized carbons (Fsp3) is 0.455. The van der Waals surface area contributed by atoms with Gasteiger partial charge in [0.25, 0.3) is 0 Å². The van der Waals surface area contributed by atoms with Crippen LogP contribution < -0.4 is 5.73 Å².